The number of carbonyl (C=O) groups excluding carboxylic acids is 7. The fourth-order valence-corrected chi connectivity index (χ4v) is 10.4. The molecule has 0 spiro atoms. The lowest BCUT2D eigenvalue weighted by molar-refractivity contribution is -0.143. The predicted octanol–water partition coefficient (Wildman–Crippen LogP) is 1.00. The Balaban J connectivity index is 1.48. The molecule has 3 rings (SSSR count). The second-order valence-electron chi connectivity index (χ2n) is 23.6. The molecule has 30 nitrogen and oxygen atoms in total. The lowest BCUT2D eigenvalue weighted by Crippen LogP contribution is -2.50. The van der Waals surface area contributed by atoms with E-state index >= 15 is 0 Å². The first kappa shape index (κ1) is 79.6. The molecule has 0 bridgehead atoms. The van der Waals surface area contributed by atoms with Gasteiger partial charge in [-0.3, -0.25) is 67.5 Å². The lowest BCUT2D eigenvalue weighted by atomic mass is 9.89. The van der Waals surface area contributed by atoms with Crippen molar-refractivity contribution in [3.8, 4) is 0 Å². The van der Waals surface area contributed by atoms with Crippen molar-refractivity contribution in [3.05, 3.63) is 71.8 Å². The zero-order valence-corrected chi connectivity index (χ0v) is 53.8. The molecule has 1 saturated heterocycles. The van der Waals surface area contributed by atoms with Crippen molar-refractivity contribution in [2.24, 2.45) is 5.92 Å². The summed E-state index contributed by atoms with van der Waals surface area (Å²) in [4.78, 5) is 169. The second kappa shape index (κ2) is 45.6. The van der Waals surface area contributed by atoms with E-state index in [0.29, 0.717) is 69.0 Å². The molecule has 522 valence electrons. The van der Waals surface area contributed by atoms with Gasteiger partial charge < -0.3 is 67.9 Å². The van der Waals surface area contributed by atoms with Crippen molar-refractivity contribution in [3.63, 3.8) is 0 Å². The Morgan fingerprint density at radius 2 is 0.819 bits per heavy atom. The standard InChI is InChI=1S/C64H97N11O19/c1-45(24-25-57(81)82)68-64(94)71-50(63(92)93)21-13-15-28-66-54(78)23-11-3-2-10-22-53(77)65-27-14-12-20-49(62(90)91)70-61(89)48(38-46-16-6-4-7-17-46)40-52(76)51(39-47-18-8-5-9-19-47)69-55(79)26-29-67-56(80)41-72-30-32-73(42-58(83)84)34-36-75(44-60(87)88)37-35-74(33-31-72)43-59(85)86/h4-9,16-19,45,48-51H,2-3,10-15,20-44H2,1H3,(H,65,77)(H,66,78)(H,67,80)(H,69,79)(H,70,89)(H,81,82)(H,83,84)(H,85,86)(H,87,88)(H,90,91)(H,92,93)(H2,68,71,94)/t45-,48?,49?,50+,51?/m1/s1. The van der Waals surface area contributed by atoms with Gasteiger partial charge in [0.2, 0.25) is 29.5 Å². The minimum absolute atomic E-state index is 0.0211. The number of Topliss-reactive ketones (excluding diaryl/α,β-unsaturated/α-hetero) is 1. The maximum Gasteiger partial charge on any atom is 0.326 e. The third-order valence-corrected chi connectivity index (χ3v) is 15.6. The van der Waals surface area contributed by atoms with Crippen molar-refractivity contribution in [2.75, 3.05) is 98.2 Å². The molecule has 0 radical (unpaired) electrons. The summed E-state index contributed by atoms with van der Waals surface area (Å²) in [6, 6.07) is 12.9. The van der Waals surface area contributed by atoms with Gasteiger partial charge >= 0.3 is 41.8 Å². The van der Waals surface area contributed by atoms with Crippen LogP contribution in [-0.2, 0) is 70.4 Å². The molecule has 0 saturated carbocycles. The fourth-order valence-electron chi connectivity index (χ4n) is 10.4. The highest BCUT2D eigenvalue weighted by Gasteiger charge is 2.31. The van der Waals surface area contributed by atoms with Gasteiger partial charge in [-0.2, -0.15) is 0 Å². The number of carboxylic acid groups (broad SMARTS) is 6. The van der Waals surface area contributed by atoms with E-state index in [-0.39, 0.29) is 168 Å². The minimum atomic E-state index is -1.33. The largest absolute Gasteiger partial charge is 0.481 e. The van der Waals surface area contributed by atoms with Crippen LogP contribution in [-0.4, -0.2) is 250 Å². The van der Waals surface area contributed by atoms with Crippen LogP contribution in [0.1, 0.15) is 121 Å². The Morgan fingerprint density at radius 1 is 0.394 bits per heavy atom. The molecule has 1 heterocycles. The first-order chi connectivity index (χ1) is 44.8. The van der Waals surface area contributed by atoms with Crippen LogP contribution in [0.3, 0.4) is 0 Å². The molecular weight excluding hydrogens is 1230 g/mol. The number of aliphatic carboxylic acids is 6. The van der Waals surface area contributed by atoms with Crippen LogP contribution in [0.25, 0.3) is 0 Å². The molecular formula is C64H97N11O19. The van der Waals surface area contributed by atoms with E-state index in [9.17, 15) is 87.9 Å². The summed E-state index contributed by atoms with van der Waals surface area (Å²) in [6.07, 6.45) is 4.39. The number of unbranched alkanes of at least 4 members (excludes halogenated alkanes) is 5. The Labute approximate surface area is 547 Å². The number of carboxylic acids is 6. The van der Waals surface area contributed by atoms with Gasteiger partial charge in [0.05, 0.1) is 32.2 Å². The Bertz CT molecular complexity index is 2710. The molecule has 13 N–H and O–H groups in total. The third kappa shape index (κ3) is 37.2. The van der Waals surface area contributed by atoms with Crippen LogP contribution in [0.4, 0.5) is 4.79 Å². The Hall–Kier alpha value is -8.61. The Morgan fingerprint density at radius 3 is 1.26 bits per heavy atom. The lowest BCUT2D eigenvalue weighted by Gasteiger charge is -2.32. The fraction of sp³-hybridized carbons (Fsp3) is 0.609. The van der Waals surface area contributed by atoms with Gasteiger partial charge in [0.15, 0.2) is 5.78 Å². The molecule has 5 atom stereocenters. The van der Waals surface area contributed by atoms with Gasteiger partial charge in [0.1, 0.15) is 12.1 Å². The van der Waals surface area contributed by atoms with Crippen molar-refractivity contribution in [1.29, 1.82) is 0 Å². The highest BCUT2D eigenvalue weighted by atomic mass is 16.4. The molecule has 94 heavy (non-hydrogen) atoms. The summed E-state index contributed by atoms with van der Waals surface area (Å²) in [7, 11) is 0. The van der Waals surface area contributed by atoms with Crippen molar-refractivity contribution < 1.29 is 93.0 Å². The molecule has 3 unspecified atom stereocenters. The summed E-state index contributed by atoms with van der Waals surface area (Å²) < 4.78 is 0. The second-order valence-corrected chi connectivity index (χ2v) is 23.6. The SMILES string of the molecule is C[C@H](CCC(=O)O)NC(=O)N[C@@H](CCCCNC(=O)CCCCCCC(=O)NCCCCC(NC(=O)C(CC(=O)C(Cc1ccccc1)NC(=O)CCNC(=O)CN1CCN(CC(=O)O)CCN(CC(=O)O)CCN(CC(=O)O)CC1)Cc1ccccc1)C(=O)O)C(=O)O. The maximum absolute atomic E-state index is 14.4. The summed E-state index contributed by atoms with van der Waals surface area (Å²) in [5.41, 5.74) is 1.40. The van der Waals surface area contributed by atoms with Crippen LogP contribution < -0.4 is 37.2 Å². The van der Waals surface area contributed by atoms with Gasteiger partial charge in [-0.1, -0.05) is 73.5 Å². The maximum atomic E-state index is 14.4. The molecule has 30 heteroatoms. The van der Waals surface area contributed by atoms with Gasteiger partial charge in [0, 0.05) is 116 Å². The topological polar surface area (TPSA) is 440 Å². The van der Waals surface area contributed by atoms with E-state index in [1.807, 2.05) is 0 Å². The minimum Gasteiger partial charge on any atom is -0.481 e. The highest BCUT2D eigenvalue weighted by molar-refractivity contribution is 5.94. The van der Waals surface area contributed by atoms with Crippen LogP contribution in [0.5, 0.6) is 0 Å². The van der Waals surface area contributed by atoms with Crippen LogP contribution in [0.15, 0.2) is 60.7 Å². The number of hydrogen-bond donors (Lipinski definition) is 13. The van der Waals surface area contributed by atoms with Gasteiger partial charge in [-0.05, 0) is 88.7 Å². The van der Waals surface area contributed by atoms with Crippen LogP contribution >= 0.6 is 0 Å². The summed E-state index contributed by atoms with van der Waals surface area (Å²) in [5.74, 6) is -10.5. The number of rotatable bonds is 45. The molecule has 0 aromatic heterocycles. The van der Waals surface area contributed by atoms with Gasteiger partial charge in [-0.25, -0.2) is 14.4 Å². The van der Waals surface area contributed by atoms with E-state index in [0.717, 1.165) is 0 Å². The van der Waals surface area contributed by atoms with E-state index in [1.54, 1.807) is 87.2 Å². The van der Waals surface area contributed by atoms with Gasteiger partial charge in [0.25, 0.3) is 0 Å². The number of benzene rings is 2. The van der Waals surface area contributed by atoms with Crippen molar-refractivity contribution in [2.45, 2.75) is 147 Å². The quantitative estimate of drug-likeness (QED) is 0.0411. The predicted molar refractivity (Wildman–Crippen MR) is 342 cm³/mol. The molecule has 2 aromatic carbocycles. The first-order valence-corrected chi connectivity index (χ1v) is 32.1. The molecule has 1 aliphatic heterocycles. The molecule has 1 fully saturated rings. The number of nitrogens with zero attached hydrogens (tertiary/aromatic N) is 4. The van der Waals surface area contributed by atoms with Crippen LogP contribution in [0.2, 0.25) is 0 Å². The number of carbonyl (C=O) groups is 13. The van der Waals surface area contributed by atoms with E-state index in [1.165, 1.54) is 0 Å². The monoisotopic (exact) mass is 1320 g/mol. The number of ketones is 1. The summed E-state index contributed by atoms with van der Waals surface area (Å²) in [6.45, 7) is 2.46. The molecule has 2 aromatic rings. The normalized spacial score (nSPS) is 15.2. The van der Waals surface area contributed by atoms with E-state index in [4.69, 9.17) is 5.11 Å². The number of hydrogen-bond acceptors (Lipinski definition) is 17. The van der Waals surface area contributed by atoms with E-state index in [2.05, 4.69) is 37.2 Å². The smallest absolute Gasteiger partial charge is 0.326 e. The van der Waals surface area contributed by atoms with Crippen LogP contribution in [0, 0.1) is 5.92 Å². The average molecular weight is 1320 g/mol. The zero-order valence-electron chi connectivity index (χ0n) is 53.8. The summed E-state index contributed by atoms with van der Waals surface area (Å²) in [5, 5.41) is 75.8. The molecule has 1 aliphatic rings. The third-order valence-electron chi connectivity index (χ3n) is 15.6. The van der Waals surface area contributed by atoms with Gasteiger partial charge in [-0.15, -0.1) is 0 Å². The van der Waals surface area contributed by atoms with Crippen molar-refractivity contribution >= 4 is 77.2 Å². The average Bonchev–Trinajstić information content (AvgIpc) is 0.988. The first-order valence-electron chi connectivity index (χ1n) is 32.1. The zero-order chi connectivity index (χ0) is 69.2. The highest BCUT2D eigenvalue weighted by Crippen LogP contribution is 2.18. The number of urea groups is 1. The van der Waals surface area contributed by atoms with E-state index < -0.39 is 95.4 Å². The number of amides is 7. The number of nitrogens with one attached hydrogen (secondary N) is 7. The Kier molecular flexibility index (Phi) is 38.7. The van der Waals surface area contributed by atoms with Crippen molar-refractivity contribution in [1.82, 2.24) is 56.8 Å². The molecule has 7 amide bonds. The molecule has 0 aliphatic carbocycles. The summed E-state index contributed by atoms with van der Waals surface area (Å²) >= 11 is 0.